The molecular weight excluding hydrogens is 393 g/mol. The lowest BCUT2D eigenvalue weighted by molar-refractivity contribution is -0.148. The second-order valence-corrected chi connectivity index (χ2v) is 7.30. The van der Waals surface area contributed by atoms with Crippen LogP contribution < -0.4 is 0 Å². The van der Waals surface area contributed by atoms with Gasteiger partial charge in [-0.05, 0) is 6.42 Å². The largest absolute Gasteiger partial charge is 0.481 e. The van der Waals surface area contributed by atoms with E-state index < -0.39 is 49.9 Å². The maximum atomic E-state index is 11.1. The van der Waals surface area contributed by atoms with Gasteiger partial charge in [0.25, 0.3) is 0 Å². The van der Waals surface area contributed by atoms with Gasteiger partial charge in [-0.3, -0.25) is 23.8 Å². The van der Waals surface area contributed by atoms with Crippen molar-refractivity contribution in [3.8, 4) is 0 Å². The number of carboxylic acid groups (broad SMARTS) is 3. The maximum absolute atomic E-state index is 11.1. The molecule has 0 spiro atoms. The van der Waals surface area contributed by atoms with Crippen LogP contribution in [-0.2, 0) is 18.9 Å². The van der Waals surface area contributed by atoms with Gasteiger partial charge in [0.15, 0.2) is 5.16 Å². The van der Waals surface area contributed by atoms with Crippen molar-refractivity contribution >= 4 is 25.5 Å². The highest BCUT2D eigenvalue weighted by molar-refractivity contribution is 7.54. The Morgan fingerprint density at radius 1 is 0.815 bits per heavy atom. The van der Waals surface area contributed by atoms with E-state index in [4.69, 9.17) is 40.4 Å². The zero-order chi connectivity index (χ0) is 21.7. The standard InChI is InChI=1S/C7H11O9P.C6H15NO3/c8-4(9)1-2-7(6(12)13,3-5(10)11)17(14,15)16;8-4-1-7(2-5-9)3-6-10/h1-3H2,(H,8,9)(H,10,11)(H,12,13)(H2,14,15,16);8-10H,1-6H2. The molecule has 0 aromatic rings. The van der Waals surface area contributed by atoms with E-state index in [1.54, 1.807) is 4.90 Å². The van der Waals surface area contributed by atoms with Gasteiger partial charge < -0.3 is 40.4 Å². The predicted octanol–water partition coefficient (Wildman–Crippen LogP) is -2.41. The molecule has 0 heterocycles. The summed E-state index contributed by atoms with van der Waals surface area (Å²) < 4.78 is 11.1. The first-order valence-corrected chi connectivity index (χ1v) is 9.26. The molecule has 0 radical (unpaired) electrons. The lowest BCUT2D eigenvalue weighted by atomic mass is 9.98. The number of aliphatic hydroxyl groups is 3. The molecule has 0 aliphatic heterocycles. The van der Waals surface area contributed by atoms with Gasteiger partial charge in [0.1, 0.15) is 0 Å². The van der Waals surface area contributed by atoms with Gasteiger partial charge in [-0.15, -0.1) is 0 Å². The van der Waals surface area contributed by atoms with Crippen molar-refractivity contribution in [3.63, 3.8) is 0 Å². The van der Waals surface area contributed by atoms with Crippen molar-refractivity contribution in [3.05, 3.63) is 0 Å². The summed E-state index contributed by atoms with van der Waals surface area (Å²) in [4.78, 5) is 51.3. The van der Waals surface area contributed by atoms with E-state index in [0.717, 1.165) is 0 Å². The van der Waals surface area contributed by atoms with Crippen LogP contribution in [0.25, 0.3) is 0 Å². The second kappa shape index (κ2) is 13.6. The predicted molar refractivity (Wildman–Crippen MR) is 89.2 cm³/mol. The lowest BCUT2D eigenvalue weighted by Gasteiger charge is -2.27. The quantitative estimate of drug-likeness (QED) is 0.145. The normalized spacial score (nSPS) is 13.4. The topological polar surface area (TPSA) is 233 Å². The van der Waals surface area contributed by atoms with Crippen molar-refractivity contribution in [2.75, 3.05) is 39.5 Å². The number of aliphatic hydroxyl groups excluding tert-OH is 3. The molecule has 160 valence electrons. The molecule has 0 aliphatic rings. The minimum Gasteiger partial charge on any atom is -0.481 e. The third-order valence-electron chi connectivity index (χ3n) is 3.40. The third kappa shape index (κ3) is 11.0. The van der Waals surface area contributed by atoms with Crippen LogP contribution in [0.1, 0.15) is 19.3 Å². The number of nitrogens with zero attached hydrogens (tertiary/aromatic N) is 1. The minimum absolute atomic E-state index is 0.0694. The SMILES string of the molecule is O=C(O)CCC(CC(=O)O)(C(=O)O)P(=O)(O)O.OCCN(CCO)CCO. The van der Waals surface area contributed by atoms with E-state index in [0.29, 0.717) is 19.6 Å². The summed E-state index contributed by atoms with van der Waals surface area (Å²) in [5, 5.41) is 48.2. The monoisotopic (exact) mass is 419 g/mol. The Bertz CT molecular complexity index is 507. The number of hydrogen-bond donors (Lipinski definition) is 8. The van der Waals surface area contributed by atoms with Gasteiger partial charge in [-0.25, -0.2) is 0 Å². The molecule has 0 amide bonds. The summed E-state index contributed by atoms with van der Waals surface area (Å²) in [6.45, 7) is 1.75. The summed E-state index contributed by atoms with van der Waals surface area (Å²) >= 11 is 0. The molecule has 1 atom stereocenters. The fourth-order valence-corrected chi connectivity index (χ4v) is 2.96. The molecule has 0 saturated heterocycles. The van der Waals surface area contributed by atoms with E-state index in [2.05, 4.69) is 0 Å². The van der Waals surface area contributed by atoms with Gasteiger partial charge >= 0.3 is 25.5 Å². The number of carbonyl (C=O) groups is 3. The molecule has 13 nitrogen and oxygen atoms in total. The van der Waals surface area contributed by atoms with Crippen LogP contribution in [0.4, 0.5) is 0 Å². The first-order chi connectivity index (χ1) is 12.4. The highest BCUT2D eigenvalue weighted by atomic mass is 31.2. The molecule has 14 heteroatoms. The number of hydrogen-bond acceptors (Lipinski definition) is 8. The van der Waals surface area contributed by atoms with Crippen LogP contribution in [0.15, 0.2) is 0 Å². The first-order valence-electron chi connectivity index (χ1n) is 7.65. The Balaban J connectivity index is 0. The highest BCUT2D eigenvalue weighted by Gasteiger charge is 2.55. The average Bonchev–Trinajstić information content (AvgIpc) is 2.51. The summed E-state index contributed by atoms with van der Waals surface area (Å²) in [5.74, 6) is -5.25. The Hall–Kier alpha value is -1.60. The Morgan fingerprint density at radius 2 is 1.22 bits per heavy atom. The molecule has 0 fully saturated rings. The van der Waals surface area contributed by atoms with Crippen molar-refractivity contribution in [1.29, 1.82) is 0 Å². The van der Waals surface area contributed by atoms with Crippen LogP contribution >= 0.6 is 7.60 Å². The second-order valence-electron chi connectivity index (χ2n) is 5.36. The highest BCUT2D eigenvalue weighted by Crippen LogP contribution is 2.55. The van der Waals surface area contributed by atoms with Crippen LogP contribution in [0, 0.1) is 0 Å². The Morgan fingerprint density at radius 3 is 1.44 bits per heavy atom. The van der Waals surface area contributed by atoms with Crippen LogP contribution in [0.3, 0.4) is 0 Å². The van der Waals surface area contributed by atoms with Crippen molar-refractivity contribution < 1.29 is 59.4 Å². The summed E-state index contributed by atoms with van der Waals surface area (Å²) in [6, 6.07) is 0. The van der Waals surface area contributed by atoms with Crippen molar-refractivity contribution in [2.24, 2.45) is 0 Å². The van der Waals surface area contributed by atoms with E-state index >= 15 is 0 Å². The first kappa shape index (κ1) is 27.6. The van der Waals surface area contributed by atoms with Gasteiger partial charge in [-0.1, -0.05) is 0 Å². The molecule has 0 saturated carbocycles. The molecular formula is C13H26NO12P. The molecule has 0 aromatic heterocycles. The number of aliphatic carboxylic acids is 3. The molecule has 27 heavy (non-hydrogen) atoms. The lowest BCUT2D eigenvalue weighted by Crippen LogP contribution is -2.41. The van der Waals surface area contributed by atoms with E-state index in [9.17, 15) is 18.9 Å². The van der Waals surface area contributed by atoms with Crippen LogP contribution in [0.5, 0.6) is 0 Å². The number of rotatable bonds is 13. The zero-order valence-electron chi connectivity index (χ0n) is 14.5. The Kier molecular flexibility index (Phi) is 13.9. The van der Waals surface area contributed by atoms with E-state index in [1.165, 1.54) is 0 Å². The molecule has 8 N–H and O–H groups in total. The molecule has 0 aliphatic carbocycles. The molecule has 0 rings (SSSR count). The van der Waals surface area contributed by atoms with Crippen molar-refractivity contribution in [2.45, 2.75) is 24.4 Å². The fraction of sp³-hybridized carbons (Fsp3) is 0.769. The van der Waals surface area contributed by atoms with Crippen LogP contribution in [0.2, 0.25) is 0 Å². The van der Waals surface area contributed by atoms with Gasteiger partial charge in [0.2, 0.25) is 0 Å². The van der Waals surface area contributed by atoms with E-state index in [-0.39, 0.29) is 19.8 Å². The summed E-state index contributed by atoms with van der Waals surface area (Å²) in [5.41, 5.74) is 0. The third-order valence-corrected chi connectivity index (χ3v) is 5.09. The summed E-state index contributed by atoms with van der Waals surface area (Å²) in [7, 11) is -5.32. The maximum Gasteiger partial charge on any atom is 0.343 e. The average molecular weight is 419 g/mol. The van der Waals surface area contributed by atoms with Gasteiger partial charge in [0, 0.05) is 26.1 Å². The van der Waals surface area contributed by atoms with E-state index in [1.807, 2.05) is 0 Å². The number of carboxylic acids is 3. The summed E-state index contributed by atoms with van der Waals surface area (Å²) in [6.07, 6.45) is -3.17. The minimum atomic E-state index is -5.32. The van der Waals surface area contributed by atoms with Crippen LogP contribution in [-0.4, -0.2) is 108 Å². The Labute approximate surface area is 154 Å². The zero-order valence-corrected chi connectivity index (χ0v) is 15.4. The molecule has 0 bridgehead atoms. The van der Waals surface area contributed by atoms with Gasteiger partial charge in [-0.2, -0.15) is 0 Å². The molecule has 0 aromatic carbocycles. The van der Waals surface area contributed by atoms with Gasteiger partial charge in [0.05, 0.1) is 26.2 Å². The fourth-order valence-electron chi connectivity index (χ4n) is 1.97. The van der Waals surface area contributed by atoms with Crippen molar-refractivity contribution in [1.82, 2.24) is 4.90 Å². The smallest absolute Gasteiger partial charge is 0.343 e. The molecule has 1 unspecified atom stereocenters.